The number of hydrogen-bond acceptors (Lipinski definition) is 6. The van der Waals surface area contributed by atoms with E-state index in [2.05, 4.69) is 20.7 Å². The first-order chi connectivity index (χ1) is 7.80. The normalized spacial score (nSPS) is 13.2. The molecular formula is C8H13F3N6. The van der Waals surface area contributed by atoms with Crippen LogP contribution in [0.4, 0.5) is 30.8 Å². The summed E-state index contributed by atoms with van der Waals surface area (Å²) in [5.74, 6) is 5.44. The maximum Gasteiger partial charge on any atom is 0.391 e. The highest BCUT2D eigenvalue weighted by atomic mass is 19.4. The first-order valence-corrected chi connectivity index (χ1v) is 4.74. The topological polar surface area (TPSA) is 102 Å². The minimum Gasteiger partial charge on any atom is -0.368 e. The fourth-order valence-electron chi connectivity index (χ4n) is 1.26. The monoisotopic (exact) mass is 250 g/mol. The number of hydrazine groups is 1. The van der Waals surface area contributed by atoms with Crippen LogP contribution in [0.1, 0.15) is 13.3 Å². The maximum absolute atomic E-state index is 12.1. The molecule has 1 unspecified atom stereocenters. The van der Waals surface area contributed by atoms with Crippen molar-refractivity contribution in [3.8, 4) is 0 Å². The lowest BCUT2D eigenvalue weighted by atomic mass is 10.2. The van der Waals surface area contributed by atoms with Crippen molar-refractivity contribution in [2.24, 2.45) is 5.84 Å². The van der Waals surface area contributed by atoms with Crippen LogP contribution in [-0.4, -0.2) is 22.2 Å². The molecule has 0 bridgehead atoms. The van der Waals surface area contributed by atoms with E-state index in [0.717, 1.165) is 0 Å². The molecule has 1 heterocycles. The third-order valence-corrected chi connectivity index (χ3v) is 1.82. The SMILES string of the molecule is CC(CC(F)(F)F)Nc1cc(NN)nc(N)n1. The Balaban J connectivity index is 2.71. The average Bonchev–Trinajstić information content (AvgIpc) is 2.13. The highest BCUT2D eigenvalue weighted by molar-refractivity contribution is 5.50. The van der Waals surface area contributed by atoms with E-state index in [9.17, 15) is 13.2 Å². The van der Waals surface area contributed by atoms with Crippen LogP contribution in [0.3, 0.4) is 0 Å². The number of alkyl halides is 3. The molecule has 1 aromatic rings. The molecule has 0 fully saturated rings. The number of nitrogens with zero attached hydrogens (tertiary/aromatic N) is 2. The van der Waals surface area contributed by atoms with Gasteiger partial charge in [-0.1, -0.05) is 0 Å². The van der Waals surface area contributed by atoms with Gasteiger partial charge >= 0.3 is 6.18 Å². The Hall–Kier alpha value is -1.77. The Morgan fingerprint density at radius 3 is 2.47 bits per heavy atom. The van der Waals surface area contributed by atoms with Gasteiger partial charge in [0.15, 0.2) is 0 Å². The quantitative estimate of drug-likeness (QED) is 0.471. The van der Waals surface area contributed by atoms with Crippen molar-refractivity contribution in [3.05, 3.63) is 6.07 Å². The van der Waals surface area contributed by atoms with Crippen LogP contribution in [0.25, 0.3) is 0 Å². The van der Waals surface area contributed by atoms with Crippen molar-refractivity contribution in [1.29, 1.82) is 0 Å². The van der Waals surface area contributed by atoms with E-state index >= 15 is 0 Å². The summed E-state index contributed by atoms with van der Waals surface area (Å²) in [5.41, 5.74) is 7.59. The van der Waals surface area contributed by atoms with Gasteiger partial charge in [0.05, 0.1) is 6.42 Å². The van der Waals surface area contributed by atoms with Crippen molar-refractivity contribution in [2.75, 3.05) is 16.5 Å². The predicted octanol–water partition coefficient (Wildman–Crippen LogP) is 1.10. The third kappa shape index (κ3) is 4.72. The molecule has 9 heteroatoms. The van der Waals surface area contributed by atoms with Gasteiger partial charge in [0, 0.05) is 12.1 Å². The van der Waals surface area contributed by atoms with E-state index in [1.165, 1.54) is 13.0 Å². The molecule has 17 heavy (non-hydrogen) atoms. The Morgan fingerprint density at radius 2 is 1.94 bits per heavy atom. The number of nitrogen functional groups attached to an aromatic ring is 2. The number of hydrogen-bond donors (Lipinski definition) is 4. The molecule has 1 aromatic heterocycles. The van der Waals surface area contributed by atoms with Crippen LogP contribution >= 0.6 is 0 Å². The Labute approximate surface area is 95.6 Å². The van der Waals surface area contributed by atoms with Crippen LogP contribution < -0.4 is 22.3 Å². The summed E-state index contributed by atoms with van der Waals surface area (Å²) in [6.45, 7) is 1.39. The molecular weight excluding hydrogens is 237 g/mol. The average molecular weight is 250 g/mol. The minimum atomic E-state index is -4.24. The van der Waals surface area contributed by atoms with Crippen LogP contribution in [0.5, 0.6) is 0 Å². The van der Waals surface area contributed by atoms with Gasteiger partial charge in [0.25, 0.3) is 0 Å². The van der Waals surface area contributed by atoms with E-state index in [0.29, 0.717) is 0 Å². The summed E-state index contributed by atoms with van der Waals surface area (Å²) >= 11 is 0. The second-order valence-electron chi connectivity index (χ2n) is 3.51. The zero-order valence-electron chi connectivity index (χ0n) is 9.04. The van der Waals surface area contributed by atoms with Gasteiger partial charge < -0.3 is 16.5 Å². The lowest BCUT2D eigenvalue weighted by Crippen LogP contribution is -2.24. The lowest BCUT2D eigenvalue weighted by Gasteiger charge is -2.16. The standard InChI is InChI=1S/C8H13F3N6/c1-4(3-8(9,10)11)14-5-2-6(17-13)16-7(12)15-5/h2,4H,3,13H2,1H3,(H4,12,14,15,16,17). The summed E-state index contributed by atoms with van der Waals surface area (Å²) in [6.07, 6.45) is -5.21. The largest absolute Gasteiger partial charge is 0.391 e. The predicted molar refractivity (Wildman–Crippen MR) is 58.0 cm³/mol. The van der Waals surface area contributed by atoms with Crippen molar-refractivity contribution in [3.63, 3.8) is 0 Å². The molecule has 0 saturated heterocycles. The molecule has 0 amide bonds. The van der Waals surface area contributed by atoms with Gasteiger partial charge in [0.1, 0.15) is 11.6 Å². The van der Waals surface area contributed by atoms with Gasteiger partial charge in [-0.25, -0.2) is 5.84 Å². The van der Waals surface area contributed by atoms with Crippen LogP contribution in [0.15, 0.2) is 6.07 Å². The zero-order chi connectivity index (χ0) is 13.1. The fourth-order valence-corrected chi connectivity index (χ4v) is 1.26. The molecule has 0 aliphatic heterocycles. The summed E-state index contributed by atoms with van der Waals surface area (Å²) < 4.78 is 36.3. The maximum atomic E-state index is 12.1. The van der Waals surface area contributed by atoms with Crippen molar-refractivity contribution in [2.45, 2.75) is 25.6 Å². The Bertz CT molecular complexity index is 380. The van der Waals surface area contributed by atoms with Gasteiger partial charge in [-0.2, -0.15) is 23.1 Å². The fraction of sp³-hybridized carbons (Fsp3) is 0.500. The molecule has 6 nitrogen and oxygen atoms in total. The summed E-state index contributed by atoms with van der Waals surface area (Å²) in [4.78, 5) is 7.45. The van der Waals surface area contributed by atoms with E-state index in [1.807, 2.05) is 0 Å². The first-order valence-electron chi connectivity index (χ1n) is 4.74. The summed E-state index contributed by atoms with van der Waals surface area (Å²) in [7, 11) is 0. The zero-order valence-corrected chi connectivity index (χ0v) is 9.04. The van der Waals surface area contributed by atoms with E-state index in [1.54, 1.807) is 0 Å². The molecule has 1 atom stereocenters. The van der Waals surface area contributed by atoms with Gasteiger partial charge in [0.2, 0.25) is 5.95 Å². The number of halogens is 3. The van der Waals surface area contributed by atoms with Crippen molar-refractivity contribution < 1.29 is 13.2 Å². The van der Waals surface area contributed by atoms with Gasteiger partial charge in [-0.3, -0.25) is 0 Å². The molecule has 6 N–H and O–H groups in total. The Morgan fingerprint density at radius 1 is 1.35 bits per heavy atom. The van der Waals surface area contributed by atoms with Crippen molar-refractivity contribution in [1.82, 2.24) is 9.97 Å². The molecule has 0 aromatic carbocycles. The number of rotatable bonds is 4. The van der Waals surface area contributed by atoms with E-state index in [-0.39, 0.29) is 17.6 Å². The molecule has 1 rings (SSSR count). The molecule has 0 radical (unpaired) electrons. The van der Waals surface area contributed by atoms with Crippen LogP contribution in [0, 0.1) is 0 Å². The van der Waals surface area contributed by atoms with Gasteiger partial charge in [-0.05, 0) is 6.92 Å². The van der Waals surface area contributed by atoms with E-state index < -0.39 is 18.6 Å². The van der Waals surface area contributed by atoms with Crippen LogP contribution in [-0.2, 0) is 0 Å². The minimum absolute atomic E-state index is 0.0813. The molecule has 0 spiro atoms. The second-order valence-corrected chi connectivity index (χ2v) is 3.51. The molecule has 0 aliphatic carbocycles. The number of nitrogens with one attached hydrogen (secondary N) is 2. The molecule has 96 valence electrons. The van der Waals surface area contributed by atoms with E-state index in [4.69, 9.17) is 11.6 Å². The second kappa shape index (κ2) is 5.04. The van der Waals surface area contributed by atoms with Crippen molar-refractivity contribution >= 4 is 17.6 Å². The highest BCUT2D eigenvalue weighted by Crippen LogP contribution is 2.23. The third-order valence-electron chi connectivity index (χ3n) is 1.82. The summed E-state index contributed by atoms with van der Waals surface area (Å²) in [6, 6.07) is 0.540. The lowest BCUT2D eigenvalue weighted by molar-refractivity contribution is -0.136. The molecule has 0 saturated carbocycles. The highest BCUT2D eigenvalue weighted by Gasteiger charge is 2.30. The van der Waals surface area contributed by atoms with Crippen LogP contribution in [0.2, 0.25) is 0 Å². The Kier molecular flexibility index (Phi) is 3.94. The number of anilines is 3. The first kappa shape index (κ1) is 13.3. The number of nitrogens with two attached hydrogens (primary N) is 2. The smallest absolute Gasteiger partial charge is 0.368 e. The van der Waals surface area contributed by atoms with Gasteiger partial charge in [-0.15, -0.1) is 0 Å². The number of aromatic nitrogens is 2. The molecule has 0 aliphatic rings. The summed E-state index contributed by atoms with van der Waals surface area (Å²) in [5, 5.41) is 2.57.